The molecular formula is C14H14N4O. The van der Waals surface area contributed by atoms with Gasteiger partial charge in [-0.1, -0.05) is 5.16 Å². The van der Waals surface area contributed by atoms with Crippen LogP contribution >= 0.6 is 0 Å². The molecule has 5 nitrogen and oxygen atoms in total. The minimum absolute atomic E-state index is 0.398. The molecule has 2 heterocycles. The first-order valence-corrected chi connectivity index (χ1v) is 6.41. The maximum atomic E-state index is 5.58. The van der Waals surface area contributed by atoms with Gasteiger partial charge in [0, 0.05) is 24.6 Å². The summed E-state index contributed by atoms with van der Waals surface area (Å²) in [6, 6.07) is 7.84. The Kier molecular flexibility index (Phi) is 2.01. The van der Waals surface area contributed by atoms with E-state index in [1.807, 2.05) is 12.1 Å². The lowest BCUT2D eigenvalue weighted by atomic mass is 10.1. The number of aryl methyl sites for hydroxylation is 1. The molecular weight excluding hydrogens is 240 g/mol. The predicted octanol–water partition coefficient (Wildman–Crippen LogP) is 2.69. The number of nitrogens with zero attached hydrogens (tertiary/aromatic N) is 3. The zero-order valence-corrected chi connectivity index (χ0v) is 10.6. The van der Waals surface area contributed by atoms with Gasteiger partial charge in [0.05, 0.1) is 11.0 Å². The van der Waals surface area contributed by atoms with Crippen LogP contribution in [0.25, 0.3) is 22.4 Å². The smallest absolute Gasteiger partial charge is 0.169 e. The molecule has 1 aromatic carbocycles. The van der Waals surface area contributed by atoms with Crippen molar-refractivity contribution in [1.29, 1.82) is 0 Å². The molecule has 0 amide bonds. The third-order valence-electron chi connectivity index (χ3n) is 3.67. The summed E-state index contributed by atoms with van der Waals surface area (Å²) in [5, 5.41) is 3.71. The van der Waals surface area contributed by atoms with Crippen molar-refractivity contribution in [3.63, 3.8) is 0 Å². The molecule has 0 saturated heterocycles. The van der Waals surface area contributed by atoms with E-state index in [1.165, 1.54) is 18.7 Å². The van der Waals surface area contributed by atoms with Crippen LogP contribution in [0.15, 0.2) is 28.8 Å². The second-order valence-electron chi connectivity index (χ2n) is 5.12. The zero-order valence-electron chi connectivity index (χ0n) is 10.6. The molecule has 1 fully saturated rings. The van der Waals surface area contributed by atoms with Crippen LogP contribution in [0.2, 0.25) is 0 Å². The van der Waals surface area contributed by atoms with E-state index in [2.05, 4.69) is 22.8 Å². The number of hydrogen-bond acceptors (Lipinski definition) is 4. The molecule has 0 spiro atoms. The Morgan fingerprint density at radius 1 is 1.32 bits per heavy atom. The topological polar surface area (TPSA) is 69.9 Å². The van der Waals surface area contributed by atoms with Gasteiger partial charge in [-0.3, -0.25) is 0 Å². The Labute approximate surface area is 110 Å². The van der Waals surface area contributed by atoms with E-state index >= 15 is 0 Å². The SMILES string of the molecule is Cn1c(C2CC2)nc2cc(-c3cc(N)no3)ccc21. The Morgan fingerprint density at radius 2 is 2.16 bits per heavy atom. The molecule has 1 aliphatic carbocycles. The summed E-state index contributed by atoms with van der Waals surface area (Å²) in [5.41, 5.74) is 8.68. The van der Waals surface area contributed by atoms with Crippen LogP contribution in [0.5, 0.6) is 0 Å². The standard InChI is InChI=1S/C14H14N4O/c1-18-11-5-4-9(12-7-13(15)17-19-12)6-10(11)16-14(18)8-2-3-8/h4-8H,2-3H2,1H3,(H2,15,17). The lowest BCUT2D eigenvalue weighted by Crippen LogP contribution is -1.94. The molecule has 0 atom stereocenters. The minimum Gasteiger partial charge on any atom is -0.381 e. The van der Waals surface area contributed by atoms with Gasteiger partial charge in [0.2, 0.25) is 0 Å². The molecule has 5 heteroatoms. The van der Waals surface area contributed by atoms with E-state index in [1.54, 1.807) is 6.07 Å². The molecule has 19 heavy (non-hydrogen) atoms. The number of aromatic nitrogens is 3. The van der Waals surface area contributed by atoms with Gasteiger partial charge >= 0.3 is 0 Å². The lowest BCUT2D eigenvalue weighted by molar-refractivity contribution is 0.436. The Morgan fingerprint density at radius 3 is 2.84 bits per heavy atom. The summed E-state index contributed by atoms with van der Waals surface area (Å²) in [7, 11) is 2.08. The lowest BCUT2D eigenvalue weighted by Gasteiger charge is -1.99. The summed E-state index contributed by atoms with van der Waals surface area (Å²) in [6.07, 6.45) is 2.51. The fourth-order valence-corrected chi connectivity index (χ4v) is 2.50. The number of imidazole rings is 1. The number of nitrogens with two attached hydrogens (primary N) is 1. The van der Waals surface area contributed by atoms with E-state index in [-0.39, 0.29) is 0 Å². The highest BCUT2D eigenvalue weighted by atomic mass is 16.5. The third kappa shape index (κ3) is 1.62. The molecule has 1 aliphatic rings. The monoisotopic (exact) mass is 254 g/mol. The van der Waals surface area contributed by atoms with E-state index in [9.17, 15) is 0 Å². The number of rotatable bonds is 2. The van der Waals surface area contributed by atoms with Gasteiger partial charge < -0.3 is 14.8 Å². The van der Waals surface area contributed by atoms with Crippen LogP contribution in [0.3, 0.4) is 0 Å². The molecule has 0 radical (unpaired) electrons. The summed E-state index contributed by atoms with van der Waals surface area (Å²) in [4.78, 5) is 4.74. The first-order valence-electron chi connectivity index (χ1n) is 6.41. The molecule has 2 N–H and O–H groups in total. The summed E-state index contributed by atoms with van der Waals surface area (Å²) in [6.45, 7) is 0. The molecule has 4 rings (SSSR count). The van der Waals surface area contributed by atoms with Crippen LogP contribution in [-0.4, -0.2) is 14.7 Å². The third-order valence-corrected chi connectivity index (χ3v) is 3.67. The maximum absolute atomic E-state index is 5.58. The summed E-state index contributed by atoms with van der Waals surface area (Å²) in [5.74, 6) is 2.90. The van der Waals surface area contributed by atoms with E-state index in [4.69, 9.17) is 15.2 Å². The van der Waals surface area contributed by atoms with Crippen molar-refractivity contribution in [2.45, 2.75) is 18.8 Å². The summed E-state index contributed by atoms with van der Waals surface area (Å²) < 4.78 is 7.37. The number of anilines is 1. The van der Waals surface area contributed by atoms with Crippen molar-refractivity contribution in [3.8, 4) is 11.3 Å². The number of fused-ring (bicyclic) bond motifs is 1. The van der Waals surface area contributed by atoms with Crippen molar-refractivity contribution in [1.82, 2.24) is 14.7 Å². The van der Waals surface area contributed by atoms with Gasteiger partial charge in [0.25, 0.3) is 0 Å². The maximum Gasteiger partial charge on any atom is 0.169 e. The first kappa shape index (κ1) is 10.6. The molecule has 0 aliphatic heterocycles. The Bertz CT molecular complexity index is 767. The van der Waals surface area contributed by atoms with Crippen molar-refractivity contribution in [3.05, 3.63) is 30.1 Å². The number of benzene rings is 1. The minimum atomic E-state index is 0.398. The van der Waals surface area contributed by atoms with Gasteiger partial charge in [0.1, 0.15) is 5.82 Å². The number of nitrogen functional groups attached to an aromatic ring is 1. The predicted molar refractivity (Wildman–Crippen MR) is 72.6 cm³/mol. The van der Waals surface area contributed by atoms with Crippen LogP contribution in [0.4, 0.5) is 5.82 Å². The average Bonchev–Trinajstić information content (AvgIpc) is 3.08. The first-order chi connectivity index (χ1) is 9.22. The van der Waals surface area contributed by atoms with E-state index < -0.39 is 0 Å². The van der Waals surface area contributed by atoms with Gasteiger partial charge in [-0.05, 0) is 31.0 Å². The summed E-state index contributed by atoms with van der Waals surface area (Å²) >= 11 is 0. The highest BCUT2D eigenvalue weighted by Crippen LogP contribution is 2.40. The fourth-order valence-electron chi connectivity index (χ4n) is 2.50. The second-order valence-corrected chi connectivity index (χ2v) is 5.12. The van der Waals surface area contributed by atoms with Gasteiger partial charge in [-0.15, -0.1) is 0 Å². The molecule has 1 saturated carbocycles. The quantitative estimate of drug-likeness (QED) is 0.763. The molecule has 96 valence electrons. The molecule has 2 aromatic heterocycles. The zero-order chi connectivity index (χ0) is 13.0. The van der Waals surface area contributed by atoms with Crippen molar-refractivity contribution < 1.29 is 4.52 Å². The van der Waals surface area contributed by atoms with Crippen molar-refractivity contribution in [2.24, 2.45) is 7.05 Å². The molecule has 3 aromatic rings. The largest absolute Gasteiger partial charge is 0.381 e. The van der Waals surface area contributed by atoms with Gasteiger partial charge in [-0.2, -0.15) is 0 Å². The fraction of sp³-hybridized carbons (Fsp3) is 0.286. The van der Waals surface area contributed by atoms with E-state index in [0.29, 0.717) is 17.5 Å². The highest BCUT2D eigenvalue weighted by molar-refractivity contribution is 5.82. The van der Waals surface area contributed by atoms with E-state index in [0.717, 1.165) is 16.6 Å². The van der Waals surface area contributed by atoms with Crippen LogP contribution in [-0.2, 0) is 7.05 Å². The normalized spacial score (nSPS) is 15.2. The van der Waals surface area contributed by atoms with Gasteiger partial charge in [0.15, 0.2) is 11.6 Å². The van der Waals surface area contributed by atoms with Gasteiger partial charge in [-0.25, -0.2) is 4.98 Å². The number of hydrogen-bond donors (Lipinski definition) is 1. The molecule has 0 bridgehead atoms. The highest BCUT2D eigenvalue weighted by Gasteiger charge is 2.28. The second kappa shape index (κ2) is 3.60. The molecule has 0 unspecified atom stereocenters. The average molecular weight is 254 g/mol. The van der Waals surface area contributed by atoms with Crippen LogP contribution < -0.4 is 5.73 Å². The van der Waals surface area contributed by atoms with Crippen LogP contribution in [0.1, 0.15) is 24.6 Å². The Balaban J connectivity index is 1.87. The van der Waals surface area contributed by atoms with Crippen LogP contribution in [0, 0.1) is 0 Å². The van der Waals surface area contributed by atoms with Crippen molar-refractivity contribution >= 4 is 16.9 Å². The van der Waals surface area contributed by atoms with Crippen molar-refractivity contribution in [2.75, 3.05) is 5.73 Å². The Hall–Kier alpha value is -2.30.